The molecule has 0 spiro atoms. The van der Waals surface area contributed by atoms with Crippen molar-refractivity contribution in [3.63, 3.8) is 0 Å². The van der Waals surface area contributed by atoms with Gasteiger partial charge in [0.25, 0.3) is 0 Å². The minimum Gasteiger partial charge on any atom is -0.454 e. The second-order valence-corrected chi connectivity index (χ2v) is 3.93. The largest absolute Gasteiger partial charge is 0.454 e. The second kappa shape index (κ2) is 5.39. The van der Waals surface area contributed by atoms with Crippen LogP contribution in [-0.4, -0.2) is 18.6 Å². The first-order valence-corrected chi connectivity index (χ1v) is 5.58. The highest BCUT2D eigenvalue weighted by Crippen LogP contribution is 2.32. The van der Waals surface area contributed by atoms with E-state index in [-0.39, 0.29) is 25.5 Å². The van der Waals surface area contributed by atoms with Crippen LogP contribution in [-0.2, 0) is 16.1 Å². The molecular weight excluding hydrogens is 236 g/mol. The molecule has 6 nitrogen and oxygen atoms in total. The quantitative estimate of drug-likeness (QED) is 0.786. The van der Waals surface area contributed by atoms with Gasteiger partial charge in [-0.25, -0.2) is 0 Å². The SMILES string of the molecule is NC(=O)CCC(=O)NCc1ccc2c(c1)OCO2. The van der Waals surface area contributed by atoms with Crippen molar-refractivity contribution < 1.29 is 19.1 Å². The third-order valence-corrected chi connectivity index (χ3v) is 2.53. The first kappa shape index (κ1) is 12.2. The standard InChI is InChI=1S/C12H14N2O4/c13-11(15)3-4-12(16)14-6-8-1-2-9-10(5-8)18-7-17-9/h1-2,5H,3-4,6-7H2,(H2,13,15)(H,14,16). The van der Waals surface area contributed by atoms with Gasteiger partial charge in [0.2, 0.25) is 18.6 Å². The first-order chi connectivity index (χ1) is 8.65. The van der Waals surface area contributed by atoms with Crippen LogP contribution in [0.3, 0.4) is 0 Å². The number of rotatable bonds is 5. The van der Waals surface area contributed by atoms with Gasteiger partial charge in [-0.05, 0) is 17.7 Å². The highest BCUT2D eigenvalue weighted by molar-refractivity contribution is 5.82. The van der Waals surface area contributed by atoms with Gasteiger partial charge in [0.1, 0.15) is 0 Å². The Morgan fingerprint density at radius 1 is 1.22 bits per heavy atom. The summed E-state index contributed by atoms with van der Waals surface area (Å²) in [6.45, 7) is 0.609. The Bertz CT molecular complexity index is 473. The number of carbonyl (C=O) groups is 2. The maximum absolute atomic E-state index is 11.4. The van der Waals surface area contributed by atoms with E-state index >= 15 is 0 Å². The Kier molecular flexibility index (Phi) is 3.66. The molecule has 1 aromatic carbocycles. The molecule has 0 aliphatic carbocycles. The van der Waals surface area contributed by atoms with E-state index in [4.69, 9.17) is 15.2 Å². The zero-order valence-electron chi connectivity index (χ0n) is 9.77. The molecule has 96 valence electrons. The average Bonchev–Trinajstić information content (AvgIpc) is 2.81. The minimum atomic E-state index is -0.478. The molecule has 0 saturated heterocycles. The fourth-order valence-electron chi connectivity index (χ4n) is 1.58. The summed E-state index contributed by atoms with van der Waals surface area (Å²) in [4.78, 5) is 21.9. The maximum atomic E-state index is 11.4. The molecule has 1 aliphatic heterocycles. The number of hydrogen-bond acceptors (Lipinski definition) is 4. The number of amides is 2. The molecule has 2 rings (SSSR count). The Morgan fingerprint density at radius 2 is 2.00 bits per heavy atom. The fraction of sp³-hybridized carbons (Fsp3) is 0.333. The summed E-state index contributed by atoms with van der Waals surface area (Å²) in [5.41, 5.74) is 5.87. The van der Waals surface area contributed by atoms with Crippen LogP contribution >= 0.6 is 0 Å². The van der Waals surface area contributed by atoms with E-state index in [1.807, 2.05) is 12.1 Å². The van der Waals surface area contributed by atoms with E-state index in [1.165, 1.54) is 0 Å². The van der Waals surface area contributed by atoms with Gasteiger partial charge in [0, 0.05) is 19.4 Å². The summed E-state index contributed by atoms with van der Waals surface area (Å²) in [6.07, 6.45) is 0.173. The number of hydrogen-bond donors (Lipinski definition) is 2. The van der Waals surface area contributed by atoms with Crippen molar-refractivity contribution in [3.05, 3.63) is 23.8 Å². The minimum absolute atomic E-state index is 0.0625. The van der Waals surface area contributed by atoms with Crippen LogP contribution in [0.2, 0.25) is 0 Å². The van der Waals surface area contributed by atoms with Crippen molar-refractivity contribution >= 4 is 11.8 Å². The van der Waals surface area contributed by atoms with E-state index in [0.717, 1.165) is 5.56 Å². The number of fused-ring (bicyclic) bond motifs is 1. The Labute approximate surface area is 104 Å². The lowest BCUT2D eigenvalue weighted by atomic mass is 10.2. The number of primary amides is 1. The van der Waals surface area contributed by atoms with Crippen LogP contribution in [0.25, 0.3) is 0 Å². The number of benzene rings is 1. The van der Waals surface area contributed by atoms with Crippen LogP contribution in [0.1, 0.15) is 18.4 Å². The zero-order chi connectivity index (χ0) is 13.0. The molecule has 0 saturated carbocycles. The van der Waals surface area contributed by atoms with Crippen LogP contribution in [0.4, 0.5) is 0 Å². The normalized spacial score (nSPS) is 12.2. The van der Waals surface area contributed by atoms with Crippen molar-refractivity contribution in [2.45, 2.75) is 19.4 Å². The van der Waals surface area contributed by atoms with Gasteiger partial charge in [-0.3, -0.25) is 9.59 Å². The fourth-order valence-corrected chi connectivity index (χ4v) is 1.58. The van der Waals surface area contributed by atoms with Gasteiger partial charge < -0.3 is 20.5 Å². The third kappa shape index (κ3) is 3.13. The predicted molar refractivity (Wildman–Crippen MR) is 62.8 cm³/mol. The number of nitrogens with two attached hydrogens (primary N) is 1. The van der Waals surface area contributed by atoms with Gasteiger partial charge in [0.05, 0.1) is 0 Å². The second-order valence-electron chi connectivity index (χ2n) is 3.93. The van der Waals surface area contributed by atoms with Crippen LogP contribution in [0.5, 0.6) is 11.5 Å². The topological polar surface area (TPSA) is 90.7 Å². The molecule has 1 aliphatic rings. The summed E-state index contributed by atoms with van der Waals surface area (Å²) in [6, 6.07) is 5.46. The molecule has 6 heteroatoms. The van der Waals surface area contributed by atoms with Gasteiger partial charge in [0.15, 0.2) is 11.5 Å². The maximum Gasteiger partial charge on any atom is 0.231 e. The van der Waals surface area contributed by atoms with Gasteiger partial charge in [-0.1, -0.05) is 6.07 Å². The van der Waals surface area contributed by atoms with Gasteiger partial charge in [-0.2, -0.15) is 0 Å². The molecule has 3 N–H and O–H groups in total. The molecule has 0 atom stereocenters. The summed E-state index contributed by atoms with van der Waals surface area (Å²) in [5, 5.41) is 2.70. The highest BCUT2D eigenvalue weighted by atomic mass is 16.7. The molecule has 18 heavy (non-hydrogen) atoms. The average molecular weight is 250 g/mol. The van der Waals surface area contributed by atoms with E-state index < -0.39 is 5.91 Å². The van der Waals surface area contributed by atoms with E-state index in [9.17, 15) is 9.59 Å². The van der Waals surface area contributed by atoms with Crippen molar-refractivity contribution in [1.82, 2.24) is 5.32 Å². The molecule has 0 fully saturated rings. The zero-order valence-corrected chi connectivity index (χ0v) is 9.77. The summed E-state index contributed by atoms with van der Waals surface area (Å²) in [7, 11) is 0. The van der Waals surface area contributed by atoms with Crippen molar-refractivity contribution in [2.24, 2.45) is 5.73 Å². The number of ether oxygens (including phenoxy) is 2. The highest BCUT2D eigenvalue weighted by Gasteiger charge is 2.13. The summed E-state index contributed by atoms with van der Waals surface area (Å²) >= 11 is 0. The number of carbonyl (C=O) groups excluding carboxylic acids is 2. The van der Waals surface area contributed by atoms with E-state index in [2.05, 4.69) is 5.32 Å². The molecule has 0 aromatic heterocycles. The molecule has 0 unspecified atom stereocenters. The molecule has 0 radical (unpaired) electrons. The Morgan fingerprint density at radius 3 is 2.78 bits per heavy atom. The van der Waals surface area contributed by atoms with Crippen LogP contribution in [0, 0.1) is 0 Å². The molecule has 0 bridgehead atoms. The van der Waals surface area contributed by atoms with Gasteiger partial charge >= 0.3 is 0 Å². The lowest BCUT2D eigenvalue weighted by molar-refractivity contribution is -0.125. The summed E-state index contributed by atoms with van der Waals surface area (Å²) < 4.78 is 10.4. The lowest BCUT2D eigenvalue weighted by Gasteiger charge is -2.05. The first-order valence-electron chi connectivity index (χ1n) is 5.58. The van der Waals surface area contributed by atoms with Crippen molar-refractivity contribution in [2.75, 3.05) is 6.79 Å². The smallest absolute Gasteiger partial charge is 0.231 e. The van der Waals surface area contributed by atoms with Gasteiger partial charge in [-0.15, -0.1) is 0 Å². The third-order valence-electron chi connectivity index (χ3n) is 2.53. The predicted octanol–water partition coefficient (Wildman–Crippen LogP) is 0.297. The molecule has 2 amide bonds. The van der Waals surface area contributed by atoms with Crippen molar-refractivity contribution in [1.29, 1.82) is 0 Å². The van der Waals surface area contributed by atoms with Crippen molar-refractivity contribution in [3.8, 4) is 11.5 Å². The molecule has 1 aromatic rings. The number of nitrogens with one attached hydrogen (secondary N) is 1. The van der Waals surface area contributed by atoms with Crippen LogP contribution in [0.15, 0.2) is 18.2 Å². The van der Waals surface area contributed by atoms with E-state index in [0.29, 0.717) is 18.0 Å². The lowest BCUT2D eigenvalue weighted by Crippen LogP contribution is -2.24. The monoisotopic (exact) mass is 250 g/mol. The van der Waals surface area contributed by atoms with Crippen LogP contribution < -0.4 is 20.5 Å². The summed E-state index contributed by atoms with van der Waals surface area (Å²) in [5.74, 6) is 0.706. The molecule has 1 heterocycles. The Balaban J connectivity index is 1.83. The Hall–Kier alpha value is -2.24. The van der Waals surface area contributed by atoms with E-state index in [1.54, 1.807) is 6.07 Å². The molecular formula is C12H14N2O4.